The van der Waals surface area contributed by atoms with Gasteiger partial charge in [0.1, 0.15) is 5.75 Å². The van der Waals surface area contributed by atoms with Gasteiger partial charge >= 0.3 is 0 Å². The maximum Gasteiger partial charge on any atom is 0.258 e. The summed E-state index contributed by atoms with van der Waals surface area (Å²) in [5, 5.41) is 2.62. The number of rotatable bonds is 3. The Morgan fingerprint density at radius 2 is 1.91 bits per heavy atom. The number of pyridine rings is 1. The predicted molar refractivity (Wildman–Crippen MR) is 90.3 cm³/mol. The van der Waals surface area contributed by atoms with E-state index in [2.05, 4.69) is 0 Å². The minimum Gasteiger partial charge on any atom is -0.497 e. The van der Waals surface area contributed by atoms with Crippen LogP contribution in [0.4, 0.5) is 0 Å². The van der Waals surface area contributed by atoms with Crippen LogP contribution in [0.1, 0.15) is 5.56 Å². The topological polar surface area (TPSA) is 31.2 Å². The van der Waals surface area contributed by atoms with Crippen molar-refractivity contribution in [3.63, 3.8) is 0 Å². The number of ether oxygens (including phenoxy) is 1. The van der Waals surface area contributed by atoms with Gasteiger partial charge in [0.15, 0.2) is 0 Å². The maximum absolute atomic E-state index is 12.6. The van der Waals surface area contributed by atoms with Gasteiger partial charge in [-0.3, -0.25) is 4.79 Å². The molecule has 3 rings (SSSR count). The van der Waals surface area contributed by atoms with E-state index in [1.165, 1.54) is 0 Å². The number of aromatic nitrogens is 1. The number of halogens is 2. The van der Waals surface area contributed by atoms with Crippen molar-refractivity contribution in [2.75, 3.05) is 7.11 Å². The predicted octanol–water partition coefficient (Wildman–Crippen LogP) is 4.37. The smallest absolute Gasteiger partial charge is 0.258 e. The molecule has 0 N–H and O–H groups in total. The Morgan fingerprint density at radius 3 is 2.64 bits per heavy atom. The van der Waals surface area contributed by atoms with E-state index in [0.717, 1.165) is 16.7 Å². The molecule has 0 aliphatic carbocycles. The van der Waals surface area contributed by atoms with Gasteiger partial charge in [0, 0.05) is 21.6 Å². The summed E-state index contributed by atoms with van der Waals surface area (Å²) in [4.78, 5) is 12.6. The number of methoxy groups -OCH3 is 1. The molecule has 0 aliphatic rings. The average molecular weight is 334 g/mol. The van der Waals surface area contributed by atoms with Gasteiger partial charge in [-0.2, -0.15) is 0 Å². The standard InChI is InChI=1S/C17H13Cl2NO2/c1-22-14-4-5-15-11(8-14)6-7-20(17(15)21)10-12-2-3-13(18)9-16(12)19/h2-9H,10H2,1H3. The van der Waals surface area contributed by atoms with E-state index in [4.69, 9.17) is 27.9 Å². The molecule has 3 nitrogen and oxygen atoms in total. The van der Waals surface area contributed by atoms with E-state index in [0.29, 0.717) is 22.0 Å². The second kappa shape index (κ2) is 6.03. The normalized spacial score (nSPS) is 10.9. The van der Waals surface area contributed by atoms with Gasteiger partial charge in [0.05, 0.1) is 13.7 Å². The Morgan fingerprint density at radius 1 is 1.09 bits per heavy atom. The molecule has 0 amide bonds. The fourth-order valence-corrected chi connectivity index (χ4v) is 2.82. The van der Waals surface area contributed by atoms with Gasteiger partial charge in [-0.25, -0.2) is 0 Å². The third kappa shape index (κ3) is 2.82. The summed E-state index contributed by atoms with van der Waals surface area (Å²) in [5.41, 5.74) is 0.784. The van der Waals surface area contributed by atoms with Crippen LogP contribution in [0.3, 0.4) is 0 Å². The summed E-state index contributed by atoms with van der Waals surface area (Å²) in [5.74, 6) is 0.727. The first-order chi connectivity index (χ1) is 10.6. The fourth-order valence-electron chi connectivity index (χ4n) is 2.35. The molecule has 2 aromatic carbocycles. The lowest BCUT2D eigenvalue weighted by Gasteiger charge is -2.10. The van der Waals surface area contributed by atoms with Gasteiger partial charge in [-0.15, -0.1) is 0 Å². The van der Waals surface area contributed by atoms with Crippen molar-refractivity contribution in [3.05, 3.63) is 74.6 Å². The summed E-state index contributed by atoms with van der Waals surface area (Å²) in [6.45, 7) is 0.400. The molecule has 5 heteroatoms. The Kier molecular flexibility index (Phi) is 4.10. The first kappa shape index (κ1) is 14.9. The lowest BCUT2D eigenvalue weighted by atomic mass is 10.1. The van der Waals surface area contributed by atoms with Crippen LogP contribution < -0.4 is 10.3 Å². The number of hydrogen-bond donors (Lipinski definition) is 0. The van der Waals surface area contributed by atoms with E-state index < -0.39 is 0 Å². The van der Waals surface area contributed by atoms with E-state index >= 15 is 0 Å². The molecule has 1 aromatic heterocycles. The van der Waals surface area contributed by atoms with Crippen molar-refractivity contribution in [1.29, 1.82) is 0 Å². The third-order valence-electron chi connectivity index (χ3n) is 3.54. The molecular weight excluding hydrogens is 321 g/mol. The number of benzene rings is 2. The lowest BCUT2D eigenvalue weighted by molar-refractivity contribution is 0.415. The van der Waals surface area contributed by atoms with Crippen LogP contribution in [-0.2, 0) is 6.54 Å². The molecule has 0 spiro atoms. The quantitative estimate of drug-likeness (QED) is 0.712. The van der Waals surface area contributed by atoms with Crippen LogP contribution in [0.25, 0.3) is 10.8 Å². The van der Waals surface area contributed by atoms with Crippen molar-refractivity contribution >= 4 is 34.0 Å². The highest BCUT2D eigenvalue weighted by Crippen LogP contribution is 2.22. The Labute approximate surface area is 137 Å². The highest BCUT2D eigenvalue weighted by atomic mass is 35.5. The Bertz CT molecular complexity index is 903. The van der Waals surface area contributed by atoms with Crippen molar-refractivity contribution in [2.24, 2.45) is 0 Å². The second-order valence-electron chi connectivity index (χ2n) is 4.94. The summed E-state index contributed by atoms with van der Waals surface area (Å²) in [6, 6.07) is 12.6. The van der Waals surface area contributed by atoms with Gasteiger partial charge in [0.2, 0.25) is 0 Å². The molecule has 112 valence electrons. The van der Waals surface area contributed by atoms with Crippen molar-refractivity contribution in [3.8, 4) is 5.75 Å². The number of hydrogen-bond acceptors (Lipinski definition) is 2. The first-order valence-electron chi connectivity index (χ1n) is 6.69. The largest absolute Gasteiger partial charge is 0.497 e. The fraction of sp³-hybridized carbons (Fsp3) is 0.118. The van der Waals surface area contributed by atoms with Crippen LogP contribution in [-0.4, -0.2) is 11.7 Å². The molecule has 1 heterocycles. The molecule has 0 aliphatic heterocycles. The molecule has 0 saturated carbocycles. The third-order valence-corrected chi connectivity index (χ3v) is 4.13. The van der Waals surface area contributed by atoms with Crippen molar-refractivity contribution in [1.82, 2.24) is 4.57 Å². The lowest BCUT2D eigenvalue weighted by Crippen LogP contribution is -2.20. The molecule has 0 fully saturated rings. The van der Waals surface area contributed by atoms with Crippen LogP contribution >= 0.6 is 23.2 Å². The molecule has 0 saturated heterocycles. The molecule has 0 unspecified atom stereocenters. The first-order valence-corrected chi connectivity index (χ1v) is 7.45. The Hall–Kier alpha value is -1.97. The van der Waals surface area contributed by atoms with Gasteiger partial charge in [0.25, 0.3) is 5.56 Å². The van der Waals surface area contributed by atoms with Crippen molar-refractivity contribution < 1.29 is 4.74 Å². The minimum atomic E-state index is -0.0637. The maximum atomic E-state index is 12.6. The van der Waals surface area contributed by atoms with Crippen LogP contribution in [0.2, 0.25) is 10.0 Å². The van der Waals surface area contributed by atoms with E-state index in [9.17, 15) is 4.79 Å². The summed E-state index contributed by atoms with van der Waals surface area (Å²) < 4.78 is 6.81. The van der Waals surface area contributed by atoms with Gasteiger partial charge in [-0.05, 0) is 47.3 Å². The van der Waals surface area contributed by atoms with Crippen LogP contribution in [0, 0.1) is 0 Å². The van der Waals surface area contributed by atoms with E-state index in [1.54, 1.807) is 42.1 Å². The zero-order chi connectivity index (χ0) is 15.7. The number of nitrogens with zero attached hydrogens (tertiary/aromatic N) is 1. The zero-order valence-electron chi connectivity index (χ0n) is 11.8. The zero-order valence-corrected chi connectivity index (χ0v) is 13.4. The molecule has 22 heavy (non-hydrogen) atoms. The van der Waals surface area contributed by atoms with E-state index in [-0.39, 0.29) is 5.56 Å². The minimum absolute atomic E-state index is 0.0637. The van der Waals surface area contributed by atoms with Gasteiger partial charge < -0.3 is 9.30 Å². The summed E-state index contributed by atoms with van der Waals surface area (Å²) in [7, 11) is 1.60. The van der Waals surface area contributed by atoms with Crippen LogP contribution in [0.15, 0.2) is 53.5 Å². The molecule has 0 radical (unpaired) electrons. The van der Waals surface area contributed by atoms with E-state index in [1.807, 2.05) is 18.2 Å². The van der Waals surface area contributed by atoms with Crippen molar-refractivity contribution in [2.45, 2.75) is 6.54 Å². The Balaban J connectivity index is 2.04. The number of fused-ring (bicyclic) bond motifs is 1. The average Bonchev–Trinajstić information content (AvgIpc) is 2.52. The monoisotopic (exact) mass is 333 g/mol. The van der Waals surface area contributed by atoms with Crippen LogP contribution in [0.5, 0.6) is 5.75 Å². The molecule has 0 bridgehead atoms. The summed E-state index contributed by atoms with van der Waals surface area (Å²) in [6.07, 6.45) is 1.76. The van der Waals surface area contributed by atoms with Gasteiger partial charge in [-0.1, -0.05) is 29.3 Å². The molecule has 0 atom stereocenters. The second-order valence-corrected chi connectivity index (χ2v) is 5.78. The highest BCUT2D eigenvalue weighted by molar-refractivity contribution is 6.35. The summed E-state index contributed by atoms with van der Waals surface area (Å²) >= 11 is 12.1. The SMILES string of the molecule is COc1ccc2c(=O)n(Cc3ccc(Cl)cc3Cl)ccc2c1. The highest BCUT2D eigenvalue weighted by Gasteiger charge is 2.07. The molecular formula is C17H13Cl2NO2. The molecule has 3 aromatic rings.